The summed E-state index contributed by atoms with van der Waals surface area (Å²) in [4.78, 5) is 19.7. The first-order valence-electron chi connectivity index (χ1n) is 9.98. The van der Waals surface area contributed by atoms with Crippen LogP contribution in [0.2, 0.25) is 0 Å². The number of nitrogens with zero attached hydrogens (tertiary/aromatic N) is 4. The Morgan fingerprint density at radius 2 is 2.03 bits per heavy atom. The van der Waals surface area contributed by atoms with Crippen LogP contribution in [0.3, 0.4) is 0 Å². The maximum absolute atomic E-state index is 12.9. The number of carbonyl (C=O) groups excluding carboxylic acids is 1. The Morgan fingerprint density at radius 1 is 1.25 bits per heavy atom. The molecule has 0 fully saturated rings. The van der Waals surface area contributed by atoms with Crippen LogP contribution in [0.15, 0.2) is 42.9 Å². The van der Waals surface area contributed by atoms with Crippen LogP contribution in [-0.2, 0) is 16.1 Å². The zero-order valence-electron chi connectivity index (χ0n) is 18.4. The van der Waals surface area contributed by atoms with Crippen molar-refractivity contribution in [1.29, 1.82) is 0 Å². The molecule has 0 atom stereocenters. The van der Waals surface area contributed by atoms with E-state index in [0.29, 0.717) is 12.2 Å². The molecule has 0 unspecified atom stereocenters. The molecular weight excluding hydrogens is 418 g/mol. The van der Waals surface area contributed by atoms with E-state index in [2.05, 4.69) is 25.7 Å². The first-order chi connectivity index (χ1) is 15.1. The third-order valence-electron chi connectivity index (χ3n) is 4.51. The van der Waals surface area contributed by atoms with Gasteiger partial charge in [-0.2, -0.15) is 5.10 Å². The van der Waals surface area contributed by atoms with Crippen molar-refractivity contribution in [3.05, 3.63) is 54.1 Å². The van der Waals surface area contributed by atoms with Gasteiger partial charge in [-0.1, -0.05) is 6.07 Å². The number of benzene rings is 1. The fraction of sp³-hybridized carbons (Fsp3) is 0.364. The number of alkyl halides is 2. The molecule has 0 bridgehead atoms. The Hall–Kier alpha value is -3.40. The highest BCUT2D eigenvalue weighted by atomic mass is 19.3. The molecule has 0 aliphatic carbocycles. The number of nitrogens with one attached hydrogen (secondary N) is 2. The van der Waals surface area contributed by atoms with E-state index >= 15 is 0 Å². The van der Waals surface area contributed by atoms with Crippen molar-refractivity contribution in [2.75, 3.05) is 19.0 Å². The maximum Gasteiger partial charge on any atom is 0.280 e. The van der Waals surface area contributed by atoms with Crippen molar-refractivity contribution in [2.45, 2.75) is 39.3 Å². The molecule has 2 heterocycles. The molecule has 0 radical (unpaired) electrons. The first kappa shape index (κ1) is 23.3. The van der Waals surface area contributed by atoms with Gasteiger partial charge in [0.05, 0.1) is 18.3 Å². The minimum absolute atomic E-state index is 0.00318. The molecular formula is C22H26F2N6O2. The molecule has 0 spiro atoms. The van der Waals surface area contributed by atoms with Gasteiger partial charge in [0, 0.05) is 30.8 Å². The minimum Gasteiger partial charge on any atom is -0.375 e. The molecule has 8 nitrogen and oxygen atoms in total. The molecule has 0 saturated carbocycles. The molecule has 2 N–H and O–H groups in total. The van der Waals surface area contributed by atoms with Gasteiger partial charge in [-0.05, 0) is 50.1 Å². The third kappa shape index (κ3) is 6.30. The number of hydrogen-bond donors (Lipinski definition) is 2. The highest BCUT2D eigenvalue weighted by molar-refractivity contribution is 5.78. The Labute approximate surface area is 185 Å². The van der Waals surface area contributed by atoms with Crippen molar-refractivity contribution in [3.63, 3.8) is 0 Å². The van der Waals surface area contributed by atoms with Crippen LogP contribution in [0.1, 0.15) is 31.5 Å². The van der Waals surface area contributed by atoms with Crippen LogP contribution in [0.25, 0.3) is 11.1 Å². The second-order valence-corrected chi connectivity index (χ2v) is 8.11. The highest BCUT2D eigenvalue weighted by Gasteiger charge is 2.21. The Morgan fingerprint density at radius 3 is 2.75 bits per heavy atom. The van der Waals surface area contributed by atoms with E-state index in [1.54, 1.807) is 10.9 Å². The van der Waals surface area contributed by atoms with Gasteiger partial charge in [0.25, 0.3) is 6.43 Å². The summed E-state index contributed by atoms with van der Waals surface area (Å²) in [6.07, 6.45) is 2.25. The third-order valence-corrected chi connectivity index (χ3v) is 4.51. The fourth-order valence-electron chi connectivity index (χ4n) is 3.29. The minimum atomic E-state index is -2.67. The molecule has 0 saturated heterocycles. The van der Waals surface area contributed by atoms with Crippen molar-refractivity contribution in [1.82, 2.24) is 25.1 Å². The van der Waals surface area contributed by atoms with Crippen molar-refractivity contribution in [3.8, 4) is 11.1 Å². The topological polar surface area (TPSA) is 94.0 Å². The summed E-state index contributed by atoms with van der Waals surface area (Å²) in [7, 11) is 1.47. The number of carbonyl (C=O) groups is 1. The summed E-state index contributed by atoms with van der Waals surface area (Å²) in [6.45, 7) is 6.21. The number of aryl methyl sites for hydroxylation is 1. The van der Waals surface area contributed by atoms with Crippen LogP contribution in [0, 0.1) is 6.92 Å². The van der Waals surface area contributed by atoms with Gasteiger partial charge in [0.1, 0.15) is 12.3 Å². The molecule has 32 heavy (non-hydrogen) atoms. The van der Waals surface area contributed by atoms with Crippen LogP contribution in [0.4, 0.5) is 20.4 Å². The lowest BCUT2D eigenvalue weighted by Crippen LogP contribution is -2.47. The van der Waals surface area contributed by atoms with Crippen LogP contribution in [0.5, 0.6) is 0 Å². The summed E-state index contributed by atoms with van der Waals surface area (Å²) in [5.74, 6) is -0.0963. The standard InChI is InChI=1S/C22H26F2N6O2/c1-14-7-15(9-17(8-14)27-21-25-6-5-18(28-21)20(23)24)16-10-26-30(11-16)13-22(2,3)29-19(31)12-32-4/h5-11,20H,12-13H2,1-4H3,(H,29,31)(H,25,27,28). The fourth-order valence-corrected chi connectivity index (χ4v) is 3.29. The number of aromatic nitrogens is 4. The number of ether oxygens (including phenoxy) is 1. The zero-order chi connectivity index (χ0) is 23.3. The van der Waals surface area contributed by atoms with Gasteiger partial charge in [-0.25, -0.2) is 18.7 Å². The van der Waals surface area contributed by atoms with Gasteiger partial charge >= 0.3 is 0 Å². The van der Waals surface area contributed by atoms with E-state index in [1.807, 2.05) is 45.2 Å². The normalized spacial score (nSPS) is 11.6. The second-order valence-electron chi connectivity index (χ2n) is 8.11. The van der Waals surface area contributed by atoms with Crippen LogP contribution >= 0.6 is 0 Å². The number of amides is 1. The van der Waals surface area contributed by atoms with Gasteiger partial charge in [0.2, 0.25) is 11.9 Å². The number of rotatable bonds is 9. The summed E-state index contributed by atoms with van der Waals surface area (Å²) in [5.41, 5.74) is 2.55. The lowest BCUT2D eigenvalue weighted by molar-refractivity contribution is -0.126. The monoisotopic (exact) mass is 444 g/mol. The van der Waals surface area contributed by atoms with Gasteiger partial charge in [-0.3, -0.25) is 9.48 Å². The van der Waals surface area contributed by atoms with Crippen LogP contribution < -0.4 is 10.6 Å². The average molecular weight is 444 g/mol. The molecule has 0 aliphatic heterocycles. The van der Waals surface area contributed by atoms with Gasteiger partial charge in [-0.15, -0.1) is 0 Å². The molecule has 3 rings (SSSR count). The van der Waals surface area contributed by atoms with Crippen molar-refractivity contribution in [2.24, 2.45) is 0 Å². The SMILES string of the molecule is COCC(=O)NC(C)(C)Cn1cc(-c2cc(C)cc(Nc3nccc(C(F)F)n3)c2)cn1. The van der Waals surface area contributed by atoms with Gasteiger partial charge in [0.15, 0.2) is 0 Å². The Bertz CT molecular complexity index is 1080. The second kappa shape index (κ2) is 9.82. The van der Waals surface area contributed by atoms with E-state index in [1.165, 1.54) is 19.4 Å². The van der Waals surface area contributed by atoms with E-state index < -0.39 is 12.0 Å². The Kier molecular flexibility index (Phi) is 7.14. The molecule has 1 amide bonds. The summed E-state index contributed by atoms with van der Waals surface area (Å²) in [6, 6.07) is 6.93. The number of halogens is 2. The van der Waals surface area contributed by atoms with E-state index in [4.69, 9.17) is 4.74 Å². The lowest BCUT2D eigenvalue weighted by Gasteiger charge is -2.26. The van der Waals surface area contributed by atoms with E-state index in [9.17, 15) is 13.6 Å². The average Bonchev–Trinajstić information content (AvgIpc) is 3.15. The molecule has 1 aromatic carbocycles. The largest absolute Gasteiger partial charge is 0.375 e. The van der Waals surface area contributed by atoms with E-state index in [0.717, 1.165) is 16.7 Å². The predicted octanol–water partition coefficient (Wildman–Crippen LogP) is 3.87. The Balaban J connectivity index is 1.77. The molecule has 10 heteroatoms. The summed E-state index contributed by atoms with van der Waals surface area (Å²) in [5, 5.41) is 10.3. The smallest absolute Gasteiger partial charge is 0.280 e. The molecule has 3 aromatic rings. The highest BCUT2D eigenvalue weighted by Crippen LogP contribution is 2.26. The van der Waals surface area contributed by atoms with Gasteiger partial charge < -0.3 is 15.4 Å². The number of hydrogen-bond acceptors (Lipinski definition) is 6. The summed E-state index contributed by atoms with van der Waals surface area (Å²) < 4.78 is 32.4. The van der Waals surface area contributed by atoms with Crippen LogP contribution in [-0.4, -0.2) is 44.9 Å². The quantitative estimate of drug-likeness (QED) is 0.520. The molecule has 170 valence electrons. The molecule has 2 aromatic heterocycles. The molecule has 0 aliphatic rings. The number of anilines is 2. The summed E-state index contributed by atoms with van der Waals surface area (Å²) >= 11 is 0. The predicted molar refractivity (Wildman–Crippen MR) is 117 cm³/mol. The maximum atomic E-state index is 12.9. The van der Waals surface area contributed by atoms with Crippen molar-refractivity contribution < 1.29 is 18.3 Å². The zero-order valence-corrected chi connectivity index (χ0v) is 18.4. The number of methoxy groups -OCH3 is 1. The first-order valence-corrected chi connectivity index (χ1v) is 9.98. The van der Waals surface area contributed by atoms with Crippen molar-refractivity contribution >= 4 is 17.5 Å². The van der Waals surface area contributed by atoms with E-state index in [-0.39, 0.29) is 24.2 Å². The lowest BCUT2D eigenvalue weighted by atomic mass is 10.0.